The van der Waals surface area contributed by atoms with Crippen molar-refractivity contribution in [1.29, 1.82) is 0 Å². The van der Waals surface area contributed by atoms with Crippen LogP contribution in [0.15, 0.2) is 29.3 Å². The second kappa shape index (κ2) is 11.2. The molecule has 1 heterocycles. The number of ether oxygens (including phenoxy) is 2. The van der Waals surface area contributed by atoms with E-state index in [9.17, 15) is 0 Å². The number of nitrogens with two attached hydrogens (primary N) is 1. The van der Waals surface area contributed by atoms with Crippen LogP contribution in [-0.2, 0) is 22.6 Å². The summed E-state index contributed by atoms with van der Waals surface area (Å²) in [5.41, 5.74) is 8.51. The first kappa shape index (κ1) is 20.7. The van der Waals surface area contributed by atoms with Crippen LogP contribution in [0, 0.1) is 0 Å². The van der Waals surface area contributed by atoms with Crippen molar-refractivity contribution in [2.45, 2.75) is 52.5 Å². The Balaban J connectivity index is 1.86. The molecule has 2 atom stereocenters. The third-order valence-electron chi connectivity index (χ3n) is 4.40. The van der Waals surface area contributed by atoms with Gasteiger partial charge >= 0.3 is 0 Å². The van der Waals surface area contributed by atoms with Crippen molar-refractivity contribution in [3.05, 3.63) is 35.4 Å². The van der Waals surface area contributed by atoms with Crippen LogP contribution in [0.3, 0.4) is 0 Å². The number of guanidine groups is 1. The molecule has 0 aliphatic carbocycles. The topological polar surface area (TPSA) is 72.1 Å². The molecule has 1 aromatic carbocycles. The first-order valence-corrected chi connectivity index (χ1v) is 9.64. The molecule has 0 bridgehead atoms. The van der Waals surface area contributed by atoms with Crippen molar-refractivity contribution >= 4 is 5.96 Å². The molecule has 2 rings (SSSR count). The van der Waals surface area contributed by atoms with Crippen molar-refractivity contribution in [2.24, 2.45) is 10.7 Å². The average Bonchev–Trinajstić information content (AvgIpc) is 2.60. The Morgan fingerprint density at radius 3 is 2.65 bits per heavy atom. The summed E-state index contributed by atoms with van der Waals surface area (Å²) in [6.07, 6.45) is 1.48. The molecule has 26 heavy (non-hydrogen) atoms. The number of nitrogens with zero attached hydrogens (tertiary/aromatic N) is 2. The van der Waals surface area contributed by atoms with Gasteiger partial charge in [-0.05, 0) is 38.3 Å². The van der Waals surface area contributed by atoms with Crippen LogP contribution >= 0.6 is 0 Å². The molecule has 1 aromatic rings. The molecular formula is C20H34N4O2. The lowest BCUT2D eigenvalue weighted by Gasteiger charge is -2.35. The third kappa shape index (κ3) is 7.32. The standard InChI is InChI=1S/C20H34N4O2/c1-4-25-11-7-10-22-20(21)23-12-18-8-5-6-9-19(18)15-24-13-16(2)26-17(3)14-24/h5-6,8-9,16-17H,4,7,10-15H2,1-3H3,(H3,21,22,23). The molecule has 146 valence electrons. The van der Waals surface area contributed by atoms with Crippen molar-refractivity contribution in [3.63, 3.8) is 0 Å². The van der Waals surface area contributed by atoms with Crippen molar-refractivity contribution in [1.82, 2.24) is 10.2 Å². The first-order chi connectivity index (χ1) is 12.6. The number of aliphatic imine (C=N–C) groups is 1. The van der Waals surface area contributed by atoms with E-state index < -0.39 is 0 Å². The van der Waals surface area contributed by atoms with Gasteiger partial charge in [0.25, 0.3) is 0 Å². The van der Waals surface area contributed by atoms with Crippen LogP contribution in [0.4, 0.5) is 0 Å². The molecule has 1 aliphatic rings. The maximum atomic E-state index is 5.98. The molecule has 0 aromatic heterocycles. The molecule has 6 nitrogen and oxygen atoms in total. The van der Waals surface area contributed by atoms with Crippen LogP contribution in [0.1, 0.15) is 38.3 Å². The molecule has 6 heteroatoms. The van der Waals surface area contributed by atoms with Gasteiger partial charge < -0.3 is 20.5 Å². The zero-order valence-electron chi connectivity index (χ0n) is 16.4. The van der Waals surface area contributed by atoms with Gasteiger partial charge in [-0.1, -0.05) is 24.3 Å². The van der Waals surface area contributed by atoms with Crippen molar-refractivity contribution in [2.75, 3.05) is 32.8 Å². The fourth-order valence-corrected chi connectivity index (χ4v) is 3.28. The Bertz CT molecular complexity index is 554. The summed E-state index contributed by atoms with van der Waals surface area (Å²) in [6.45, 7) is 12.0. The smallest absolute Gasteiger partial charge is 0.188 e. The van der Waals surface area contributed by atoms with E-state index in [0.29, 0.717) is 12.5 Å². The number of hydrogen-bond acceptors (Lipinski definition) is 4. The minimum atomic E-state index is 0.278. The van der Waals surface area contributed by atoms with E-state index in [4.69, 9.17) is 15.2 Å². The van der Waals surface area contributed by atoms with E-state index in [0.717, 1.165) is 45.8 Å². The molecule has 0 amide bonds. The molecule has 2 unspecified atom stereocenters. The lowest BCUT2D eigenvalue weighted by molar-refractivity contribution is -0.0705. The molecule has 1 aliphatic heterocycles. The Labute approximate surface area is 157 Å². The van der Waals surface area contributed by atoms with Gasteiger partial charge in [-0.25, -0.2) is 4.99 Å². The van der Waals surface area contributed by atoms with Gasteiger partial charge in [0.2, 0.25) is 0 Å². The highest BCUT2D eigenvalue weighted by molar-refractivity contribution is 5.77. The summed E-state index contributed by atoms with van der Waals surface area (Å²) < 4.78 is 11.1. The molecule has 0 spiro atoms. The SMILES string of the molecule is CCOCCCNC(N)=NCc1ccccc1CN1CC(C)OC(C)C1. The molecular weight excluding hydrogens is 328 g/mol. The third-order valence-corrected chi connectivity index (χ3v) is 4.40. The van der Waals surface area contributed by atoms with Gasteiger partial charge in [-0.15, -0.1) is 0 Å². The minimum absolute atomic E-state index is 0.278. The van der Waals surface area contributed by atoms with E-state index in [-0.39, 0.29) is 12.2 Å². The Hall–Kier alpha value is -1.63. The zero-order chi connectivity index (χ0) is 18.8. The van der Waals surface area contributed by atoms with Gasteiger partial charge in [-0.2, -0.15) is 0 Å². The van der Waals surface area contributed by atoms with Crippen LogP contribution in [-0.4, -0.2) is 55.9 Å². The van der Waals surface area contributed by atoms with Gasteiger partial charge in [-0.3, -0.25) is 4.90 Å². The zero-order valence-corrected chi connectivity index (χ0v) is 16.4. The molecule has 0 saturated carbocycles. The van der Waals surface area contributed by atoms with Crippen LogP contribution in [0.5, 0.6) is 0 Å². The normalized spacial score (nSPS) is 21.7. The van der Waals surface area contributed by atoms with Crippen LogP contribution in [0.2, 0.25) is 0 Å². The quantitative estimate of drug-likeness (QED) is 0.400. The highest BCUT2D eigenvalue weighted by atomic mass is 16.5. The summed E-state index contributed by atoms with van der Waals surface area (Å²) in [7, 11) is 0. The lowest BCUT2D eigenvalue weighted by atomic mass is 10.1. The molecule has 3 N–H and O–H groups in total. The van der Waals surface area contributed by atoms with Crippen molar-refractivity contribution in [3.8, 4) is 0 Å². The van der Waals surface area contributed by atoms with E-state index >= 15 is 0 Å². The van der Waals surface area contributed by atoms with E-state index in [2.05, 4.69) is 53.3 Å². The highest BCUT2D eigenvalue weighted by Gasteiger charge is 2.22. The maximum absolute atomic E-state index is 5.98. The fraction of sp³-hybridized carbons (Fsp3) is 0.650. The second-order valence-corrected chi connectivity index (χ2v) is 6.90. The maximum Gasteiger partial charge on any atom is 0.188 e. The fourth-order valence-electron chi connectivity index (χ4n) is 3.28. The number of benzene rings is 1. The summed E-state index contributed by atoms with van der Waals surface area (Å²) in [6, 6.07) is 8.46. The second-order valence-electron chi connectivity index (χ2n) is 6.90. The van der Waals surface area contributed by atoms with Crippen LogP contribution < -0.4 is 11.1 Å². The lowest BCUT2D eigenvalue weighted by Crippen LogP contribution is -2.44. The predicted octanol–water partition coefficient (Wildman–Crippen LogP) is 2.13. The van der Waals surface area contributed by atoms with E-state index in [1.54, 1.807) is 0 Å². The van der Waals surface area contributed by atoms with E-state index in [1.165, 1.54) is 11.1 Å². The number of hydrogen-bond donors (Lipinski definition) is 2. The van der Waals surface area contributed by atoms with Gasteiger partial charge in [0.1, 0.15) is 0 Å². The number of rotatable bonds is 9. The first-order valence-electron chi connectivity index (χ1n) is 9.64. The van der Waals surface area contributed by atoms with Crippen molar-refractivity contribution < 1.29 is 9.47 Å². The monoisotopic (exact) mass is 362 g/mol. The summed E-state index contributed by atoms with van der Waals surface area (Å²) in [5, 5.41) is 3.15. The molecule has 0 radical (unpaired) electrons. The Morgan fingerprint density at radius 2 is 1.96 bits per heavy atom. The van der Waals surface area contributed by atoms with Crippen LogP contribution in [0.25, 0.3) is 0 Å². The average molecular weight is 363 g/mol. The largest absolute Gasteiger partial charge is 0.382 e. The Kier molecular flexibility index (Phi) is 8.88. The number of nitrogens with one attached hydrogen (secondary N) is 1. The summed E-state index contributed by atoms with van der Waals surface area (Å²) in [5.74, 6) is 0.491. The summed E-state index contributed by atoms with van der Waals surface area (Å²) in [4.78, 5) is 6.95. The Morgan fingerprint density at radius 1 is 1.27 bits per heavy atom. The molecule has 1 fully saturated rings. The van der Waals surface area contributed by atoms with E-state index in [1.807, 2.05) is 6.92 Å². The van der Waals surface area contributed by atoms with Gasteiger partial charge in [0, 0.05) is 39.4 Å². The number of morpholine rings is 1. The van der Waals surface area contributed by atoms with Gasteiger partial charge in [0.05, 0.1) is 18.8 Å². The highest BCUT2D eigenvalue weighted by Crippen LogP contribution is 2.17. The van der Waals surface area contributed by atoms with Gasteiger partial charge in [0.15, 0.2) is 5.96 Å². The predicted molar refractivity (Wildman–Crippen MR) is 106 cm³/mol. The summed E-state index contributed by atoms with van der Waals surface area (Å²) >= 11 is 0. The minimum Gasteiger partial charge on any atom is -0.382 e. The molecule has 1 saturated heterocycles.